The number of amides is 1. The molecule has 3 aliphatic carbocycles. The van der Waals surface area contributed by atoms with E-state index in [0.29, 0.717) is 42.9 Å². The second kappa shape index (κ2) is 16.1. The number of anilines is 1. The summed E-state index contributed by atoms with van der Waals surface area (Å²) in [5.41, 5.74) is 2.94. The Bertz CT molecular complexity index is 1960. The summed E-state index contributed by atoms with van der Waals surface area (Å²) in [5.74, 6) is 0.915. The lowest BCUT2D eigenvalue weighted by molar-refractivity contribution is -0.108. The predicted octanol–water partition coefficient (Wildman–Crippen LogP) is 6.46. The molecule has 310 valence electrons. The predicted molar refractivity (Wildman–Crippen MR) is 224 cm³/mol. The Morgan fingerprint density at radius 1 is 1.04 bits per heavy atom. The Kier molecular flexibility index (Phi) is 11.2. The van der Waals surface area contributed by atoms with Crippen molar-refractivity contribution in [3.05, 3.63) is 70.3 Å². The van der Waals surface area contributed by atoms with E-state index in [2.05, 4.69) is 43.7 Å². The Labute approximate surface area is 344 Å². The van der Waals surface area contributed by atoms with E-state index in [1.54, 1.807) is 6.07 Å². The number of ether oxygens (including phenoxy) is 3. The lowest BCUT2D eigenvalue weighted by atomic mass is 9.63. The van der Waals surface area contributed by atoms with Gasteiger partial charge in [0.25, 0.3) is 5.91 Å². The van der Waals surface area contributed by atoms with E-state index in [0.717, 1.165) is 127 Å². The number of hydrogen-bond donors (Lipinski definition) is 1. The SMILES string of the molecule is CO[C@@]1(CN2CCN3CCOC[C@@H]3C2)/C=C/C[C@H](C)[C@@H](CC2CCC2)S(=O)(=O)NC(=O)c2ccc3c(c2)N(C[C@@H]2CC[C@H]21)C[C@@]1(CCCc2cc(Cl)ccc21)CO3. The van der Waals surface area contributed by atoms with Crippen molar-refractivity contribution in [1.29, 1.82) is 0 Å². The minimum atomic E-state index is -3.99. The highest BCUT2D eigenvalue weighted by atomic mass is 35.5. The van der Waals surface area contributed by atoms with E-state index in [1.165, 1.54) is 11.1 Å². The molecule has 2 aromatic rings. The van der Waals surface area contributed by atoms with E-state index >= 15 is 0 Å². The zero-order chi connectivity index (χ0) is 39.4. The molecule has 1 amide bonds. The number of methoxy groups -OCH3 is 1. The third-order valence-corrected chi connectivity index (χ3v) is 17.3. The lowest BCUT2D eigenvalue weighted by Crippen LogP contribution is -2.62. The summed E-state index contributed by atoms with van der Waals surface area (Å²) in [6.07, 6.45) is 14.0. The first-order valence-electron chi connectivity index (χ1n) is 21.7. The van der Waals surface area contributed by atoms with Gasteiger partial charge in [0, 0.05) is 75.0 Å². The lowest BCUT2D eigenvalue weighted by Gasteiger charge is -2.53. The number of morpholine rings is 1. The van der Waals surface area contributed by atoms with Crippen LogP contribution in [-0.2, 0) is 31.3 Å². The molecule has 1 spiro atoms. The number of benzene rings is 2. The van der Waals surface area contributed by atoms with Crippen LogP contribution in [-0.4, -0.2) is 114 Å². The number of nitrogens with zero attached hydrogens (tertiary/aromatic N) is 3. The van der Waals surface area contributed by atoms with Crippen LogP contribution in [0.1, 0.15) is 86.2 Å². The van der Waals surface area contributed by atoms with Crippen molar-refractivity contribution in [2.75, 3.05) is 77.6 Å². The van der Waals surface area contributed by atoms with Crippen LogP contribution in [0, 0.1) is 23.7 Å². The Balaban J connectivity index is 1.11. The summed E-state index contributed by atoms with van der Waals surface area (Å²) < 4.78 is 50.7. The summed E-state index contributed by atoms with van der Waals surface area (Å²) in [4.78, 5) is 21.6. The van der Waals surface area contributed by atoms with Gasteiger partial charge in [-0.15, -0.1) is 0 Å². The molecular weight excluding hydrogens is 760 g/mol. The maximum Gasteiger partial charge on any atom is 0.264 e. The monoisotopic (exact) mass is 820 g/mol. The van der Waals surface area contributed by atoms with E-state index in [-0.39, 0.29) is 17.3 Å². The minimum Gasteiger partial charge on any atom is -0.490 e. The van der Waals surface area contributed by atoms with Gasteiger partial charge in [0.2, 0.25) is 10.0 Å². The molecule has 4 heterocycles. The highest BCUT2D eigenvalue weighted by molar-refractivity contribution is 7.90. The number of carbonyl (C=O) groups excluding carboxylic acids is 1. The van der Waals surface area contributed by atoms with Crippen molar-refractivity contribution in [1.82, 2.24) is 14.5 Å². The summed E-state index contributed by atoms with van der Waals surface area (Å²) in [6, 6.07) is 12.2. The summed E-state index contributed by atoms with van der Waals surface area (Å²) in [7, 11) is -2.12. The van der Waals surface area contributed by atoms with Crippen LogP contribution in [0.25, 0.3) is 0 Å². The number of nitrogens with one attached hydrogen (secondary N) is 1. The summed E-state index contributed by atoms with van der Waals surface area (Å²) in [6.45, 7) is 10.3. The van der Waals surface area contributed by atoms with E-state index in [4.69, 9.17) is 25.8 Å². The summed E-state index contributed by atoms with van der Waals surface area (Å²) in [5, 5.41) is 0.0692. The number of sulfonamides is 1. The van der Waals surface area contributed by atoms with Crippen molar-refractivity contribution >= 4 is 33.2 Å². The first-order valence-corrected chi connectivity index (χ1v) is 23.6. The van der Waals surface area contributed by atoms with Crippen LogP contribution in [0.4, 0.5) is 5.69 Å². The Morgan fingerprint density at radius 2 is 1.91 bits per heavy atom. The molecule has 57 heavy (non-hydrogen) atoms. The van der Waals surface area contributed by atoms with Gasteiger partial charge in [-0.3, -0.25) is 14.6 Å². The van der Waals surface area contributed by atoms with Gasteiger partial charge in [0.05, 0.1) is 30.8 Å². The van der Waals surface area contributed by atoms with Gasteiger partial charge in [0.1, 0.15) is 11.4 Å². The van der Waals surface area contributed by atoms with Gasteiger partial charge in [-0.2, -0.15) is 0 Å². The number of fused-ring (bicyclic) bond motifs is 5. The molecule has 2 saturated carbocycles. The van der Waals surface area contributed by atoms with Crippen LogP contribution in [0.3, 0.4) is 0 Å². The van der Waals surface area contributed by atoms with E-state index < -0.39 is 26.8 Å². The highest BCUT2D eigenvalue weighted by Crippen LogP contribution is 2.49. The molecule has 12 heteroatoms. The largest absolute Gasteiger partial charge is 0.490 e. The van der Waals surface area contributed by atoms with Crippen LogP contribution >= 0.6 is 11.6 Å². The van der Waals surface area contributed by atoms with Crippen LogP contribution in [0.2, 0.25) is 5.02 Å². The van der Waals surface area contributed by atoms with Gasteiger partial charge in [-0.1, -0.05) is 56.0 Å². The summed E-state index contributed by atoms with van der Waals surface area (Å²) >= 11 is 6.54. The molecule has 4 fully saturated rings. The van der Waals surface area contributed by atoms with Crippen molar-refractivity contribution in [3.8, 4) is 5.75 Å². The normalized spacial score (nSPS) is 35.3. The number of piperazine rings is 1. The molecule has 0 radical (unpaired) electrons. The van der Waals surface area contributed by atoms with Crippen molar-refractivity contribution in [3.63, 3.8) is 0 Å². The number of carbonyl (C=O) groups is 1. The number of rotatable bonds is 5. The molecule has 9 rings (SSSR count). The van der Waals surface area contributed by atoms with Crippen molar-refractivity contribution < 1.29 is 27.4 Å². The molecule has 0 aromatic heterocycles. The Morgan fingerprint density at radius 3 is 2.70 bits per heavy atom. The fourth-order valence-corrected chi connectivity index (χ4v) is 13.4. The zero-order valence-corrected chi connectivity index (χ0v) is 35.4. The quantitative estimate of drug-likeness (QED) is 0.341. The molecular formula is C45H61ClN4O6S. The number of aryl methyl sites for hydroxylation is 1. The second-order valence-electron chi connectivity index (χ2n) is 18.6. The van der Waals surface area contributed by atoms with Crippen LogP contribution < -0.4 is 14.4 Å². The van der Waals surface area contributed by atoms with E-state index in [1.807, 2.05) is 32.2 Å². The van der Waals surface area contributed by atoms with Crippen molar-refractivity contribution in [2.45, 2.75) is 93.4 Å². The maximum atomic E-state index is 14.3. The first-order chi connectivity index (χ1) is 27.5. The average Bonchev–Trinajstić information content (AvgIpc) is 3.31. The number of hydrogen-bond acceptors (Lipinski definition) is 9. The van der Waals surface area contributed by atoms with Gasteiger partial charge in [-0.05, 0) is 110 Å². The molecule has 4 aliphatic heterocycles. The second-order valence-corrected chi connectivity index (χ2v) is 20.9. The molecule has 0 unspecified atom stereocenters. The molecule has 10 nitrogen and oxygen atoms in total. The van der Waals surface area contributed by atoms with Gasteiger partial charge >= 0.3 is 0 Å². The van der Waals surface area contributed by atoms with Gasteiger partial charge in [-0.25, -0.2) is 13.1 Å². The van der Waals surface area contributed by atoms with Crippen LogP contribution in [0.5, 0.6) is 5.75 Å². The third kappa shape index (κ3) is 7.79. The number of allylic oxidation sites excluding steroid dienone is 1. The molecule has 2 bridgehead atoms. The average molecular weight is 822 g/mol. The van der Waals surface area contributed by atoms with E-state index in [9.17, 15) is 13.2 Å². The van der Waals surface area contributed by atoms with Gasteiger partial charge in [0.15, 0.2) is 0 Å². The highest BCUT2D eigenvalue weighted by Gasteiger charge is 2.50. The molecule has 1 N–H and O–H groups in total. The minimum absolute atomic E-state index is 0.185. The topological polar surface area (TPSA) is 101 Å². The molecule has 7 aliphatic rings. The smallest absolute Gasteiger partial charge is 0.264 e. The molecule has 7 atom stereocenters. The first kappa shape index (κ1) is 39.8. The zero-order valence-electron chi connectivity index (χ0n) is 33.8. The Hall–Kier alpha value is -2.67. The standard InChI is InChI=1S/C45H61ClN4O6S/c1-31-6-4-17-45(54-2,29-48-18-19-49-20-21-55-27-37(49)26-48)39-13-10-35(39)25-50-28-44(16-5-9-33-23-36(46)12-14-38(33)44)30-56-41-15-11-34(24-40(41)50)43(51)47-57(52,53)42(31)22-32-7-3-8-32/h4,11-12,14-15,17,23-24,31-32,35,37,39,42H,3,5-10,13,16,18-22,25-30H2,1-2H3,(H,47,51)/b17-4+/t31-,35-,37-,39+,42+,44-,45+/m0/s1. The van der Waals surface area contributed by atoms with Crippen LogP contribution in [0.15, 0.2) is 48.6 Å². The fraction of sp³-hybridized carbons (Fsp3) is 0.667. The maximum absolute atomic E-state index is 14.3. The van der Waals surface area contributed by atoms with Crippen molar-refractivity contribution in [2.24, 2.45) is 23.7 Å². The molecule has 2 aromatic carbocycles. The van der Waals surface area contributed by atoms with Gasteiger partial charge < -0.3 is 19.1 Å². The molecule has 2 saturated heterocycles. The fourth-order valence-electron chi connectivity index (χ4n) is 11.5. The number of halogens is 1. The third-order valence-electron chi connectivity index (χ3n) is 15.1.